The van der Waals surface area contributed by atoms with Crippen LogP contribution in [0.5, 0.6) is 0 Å². The molecule has 4 heterocycles. The molecule has 2 saturated heterocycles. The average Bonchev–Trinajstić information content (AvgIpc) is 3.33. The third kappa shape index (κ3) is 2.55. The largest absolute Gasteiger partial charge is 0.339 e. The highest BCUT2D eigenvalue weighted by Gasteiger charge is 2.53. The van der Waals surface area contributed by atoms with Gasteiger partial charge in [-0.2, -0.15) is 5.10 Å². The van der Waals surface area contributed by atoms with Crippen LogP contribution in [0.2, 0.25) is 0 Å². The first-order chi connectivity index (χ1) is 12.0. The zero-order valence-electron chi connectivity index (χ0n) is 14.4. The summed E-state index contributed by atoms with van der Waals surface area (Å²) in [5, 5.41) is 6.07. The second kappa shape index (κ2) is 5.94. The Labute approximate surface area is 150 Å². The molecule has 0 aromatic carbocycles. The van der Waals surface area contributed by atoms with E-state index in [0.29, 0.717) is 25.2 Å². The van der Waals surface area contributed by atoms with Crippen LogP contribution in [-0.4, -0.2) is 62.1 Å². The van der Waals surface area contributed by atoms with E-state index in [0.717, 1.165) is 18.4 Å². The molecule has 4 rings (SSSR count). The van der Waals surface area contributed by atoms with Crippen molar-refractivity contribution in [3.05, 3.63) is 34.5 Å². The van der Waals surface area contributed by atoms with Gasteiger partial charge in [0.2, 0.25) is 5.91 Å². The van der Waals surface area contributed by atoms with Crippen molar-refractivity contribution in [2.75, 3.05) is 20.1 Å². The van der Waals surface area contributed by atoms with E-state index in [9.17, 15) is 9.59 Å². The van der Waals surface area contributed by atoms with Crippen LogP contribution in [0.1, 0.15) is 41.2 Å². The van der Waals surface area contributed by atoms with Crippen LogP contribution in [0, 0.1) is 0 Å². The van der Waals surface area contributed by atoms with Gasteiger partial charge >= 0.3 is 0 Å². The third-order valence-corrected chi connectivity index (χ3v) is 6.35. The lowest BCUT2D eigenvalue weighted by atomic mass is 9.74. The van der Waals surface area contributed by atoms with Gasteiger partial charge in [0.15, 0.2) is 0 Å². The summed E-state index contributed by atoms with van der Waals surface area (Å²) in [7, 11) is 3.79. The van der Waals surface area contributed by atoms with E-state index in [2.05, 4.69) is 10.1 Å². The molecule has 1 atom stereocenters. The second-order valence-corrected chi connectivity index (χ2v) is 7.64. The first-order valence-corrected chi connectivity index (χ1v) is 9.38. The Bertz CT molecular complexity index is 792. The number of piperidine rings is 1. The van der Waals surface area contributed by atoms with Gasteiger partial charge in [-0.25, -0.2) is 4.98 Å². The number of nitrogens with zero attached hydrogens (tertiary/aromatic N) is 5. The maximum atomic E-state index is 12.5. The van der Waals surface area contributed by atoms with Gasteiger partial charge < -0.3 is 9.80 Å². The van der Waals surface area contributed by atoms with Crippen molar-refractivity contribution in [3.8, 4) is 0 Å². The fourth-order valence-corrected chi connectivity index (χ4v) is 4.82. The van der Waals surface area contributed by atoms with Crippen LogP contribution in [0.3, 0.4) is 0 Å². The van der Waals surface area contributed by atoms with Crippen molar-refractivity contribution >= 4 is 23.2 Å². The zero-order chi connectivity index (χ0) is 17.6. The number of likely N-dealkylation sites (tertiary alicyclic amines) is 2. The number of aromatic nitrogens is 3. The first-order valence-electron chi connectivity index (χ1n) is 8.44. The first kappa shape index (κ1) is 16.3. The molecule has 0 bridgehead atoms. The standard InChI is InChI=1S/C17H21N5O2S/c1-20-9-12(8-19-20)13-7-15(23)21(2)17(13)3-5-22(6-4-17)16(24)14-10-25-11-18-14/h8-11,13H,3-7H2,1-2H3. The number of likely N-dealkylation sites (N-methyl/N-ethyl adjacent to an activating group) is 1. The van der Waals surface area contributed by atoms with Crippen molar-refractivity contribution in [1.29, 1.82) is 0 Å². The smallest absolute Gasteiger partial charge is 0.273 e. The van der Waals surface area contributed by atoms with Gasteiger partial charge in [-0.3, -0.25) is 14.3 Å². The van der Waals surface area contributed by atoms with Gasteiger partial charge in [-0.05, 0) is 18.4 Å². The molecule has 0 aliphatic carbocycles. The number of carbonyl (C=O) groups is 2. The fourth-order valence-electron chi connectivity index (χ4n) is 4.29. The van der Waals surface area contributed by atoms with E-state index in [1.54, 1.807) is 15.6 Å². The molecular formula is C17H21N5O2S. The molecular weight excluding hydrogens is 338 g/mol. The van der Waals surface area contributed by atoms with Gasteiger partial charge in [0.05, 0.1) is 17.2 Å². The average molecular weight is 359 g/mol. The highest BCUT2D eigenvalue weighted by atomic mass is 32.1. The van der Waals surface area contributed by atoms with E-state index in [-0.39, 0.29) is 23.3 Å². The number of aryl methyl sites for hydroxylation is 1. The summed E-state index contributed by atoms with van der Waals surface area (Å²) in [5.74, 6) is 0.296. The molecule has 0 N–H and O–H groups in total. The summed E-state index contributed by atoms with van der Waals surface area (Å²) in [5.41, 5.74) is 3.08. The normalized spacial score (nSPS) is 22.8. The number of hydrogen-bond donors (Lipinski definition) is 0. The lowest BCUT2D eigenvalue weighted by molar-refractivity contribution is -0.130. The van der Waals surface area contributed by atoms with E-state index in [1.165, 1.54) is 11.3 Å². The summed E-state index contributed by atoms with van der Waals surface area (Å²) < 4.78 is 1.78. The molecule has 7 nitrogen and oxygen atoms in total. The van der Waals surface area contributed by atoms with Crippen LogP contribution in [0.15, 0.2) is 23.3 Å². The van der Waals surface area contributed by atoms with Crippen LogP contribution < -0.4 is 0 Å². The van der Waals surface area contributed by atoms with Gasteiger partial charge in [0, 0.05) is 51.1 Å². The number of rotatable bonds is 2. The van der Waals surface area contributed by atoms with Gasteiger partial charge in [-0.1, -0.05) is 0 Å². The molecule has 25 heavy (non-hydrogen) atoms. The van der Waals surface area contributed by atoms with Crippen molar-refractivity contribution < 1.29 is 9.59 Å². The third-order valence-electron chi connectivity index (χ3n) is 5.76. The summed E-state index contributed by atoms with van der Waals surface area (Å²) in [6, 6.07) is 0. The summed E-state index contributed by atoms with van der Waals surface area (Å²) >= 11 is 1.43. The molecule has 2 aromatic heterocycles. The molecule has 2 aliphatic rings. The van der Waals surface area contributed by atoms with Crippen molar-refractivity contribution in [3.63, 3.8) is 0 Å². The molecule has 0 saturated carbocycles. The second-order valence-electron chi connectivity index (χ2n) is 6.93. The summed E-state index contributed by atoms with van der Waals surface area (Å²) in [6.07, 6.45) is 5.95. The predicted molar refractivity (Wildman–Crippen MR) is 93.3 cm³/mol. The van der Waals surface area contributed by atoms with E-state index >= 15 is 0 Å². The molecule has 2 amide bonds. The van der Waals surface area contributed by atoms with Crippen molar-refractivity contribution in [1.82, 2.24) is 24.6 Å². The van der Waals surface area contributed by atoms with Crippen LogP contribution in [0.25, 0.3) is 0 Å². The SMILES string of the molecule is CN1C(=O)CC(c2cnn(C)c2)C12CCN(C(=O)c1cscn1)CC2. The Kier molecular flexibility index (Phi) is 3.87. The molecule has 0 radical (unpaired) electrons. The lowest BCUT2D eigenvalue weighted by Gasteiger charge is -2.46. The lowest BCUT2D eigenvalue weighted by Crippen LogP contribution is -2.55. The Hall–Kier alpha value is -2.22. The maximum absolute atomic E-state index is 12.5. The zero-order valence-corrected chi connectivity index (χ0v) is 15.2. The predicted octanol–water partition coefficient (Wildman–Crippen LogP) is 1.50. The minimum atomic E-state index is -0.223. The maximum Gasteiger partial charge on any atom is 0.273 e. The van der Waals surface area contributed by atoms with Crippen LogP contribution in [-0.2, 0) is 11.8 Å². The Balaban J connectivity index is 1.56. The molecule has 132 valence electrons. The van der Waals surface area contributed by atoms with Crippen LogP contribution >= 0.6 is 11.3 Å². The number of hydrogen-bond acceptors (Lipinski definition) is 5. The van der Waals surface area contributed by atoms with E-state index < -0.39 is 0 Å². The summed E-state index contributed by atoms with van der Waals surface area (Å²) in [4.78, 5) is 32.9. The molecule has 2 aliphatic heterocycles. The number of amides is 2. The van der Waals surface area contributed by atoms with Crippen molar-refractivity contribution in [2.24, 2.45) is 7.05 Å². The monoisotopic (exact) mass is 359 g/mol. The minimum Gasteiger partial charge on any atom is -0.339 e. The van der Waals surface area contributed by atoms with Gasteiger partial charge in [0.1, 0.15) is 5.69 Å². The van der Waals surface area contributed by atoms with Crippen LogP contribution in [0.4, 0.5) is 0 Å². The minimum absolute atomic E-state index is 0.0130. The van der Waals surface area contributed by atoms with Gasteiger partial charge in [-0.15, -0.1) is 11.3 Å². The molecule has 1 unspecified atom stereocenters. The number of thiazole rings is 1. The highest BCUT2D eigenvalue weighted by molar-refractivity contribution is 7.07. The molecule has 8 heteroatoms. The quantitative estimate of drug-likeness (QED) is 0.815. The van der Waals surface area contributed by atoms with E-state index in [1.807, 2.05) is 36.3 Å². The topological polar surface area (TPSA) is 71.3 Å². The fraction of sp³-hybridized carbons (Fsp3) is 0.529. The molecule has 2 fully saturated rings. The number of carbonyl (C=O) groups excluding carboxylic acids is 2. The Morgan fingerprint density at radius 2 is 2.08 bits per heavy atom. The van der Waals surface area contributed by atoms with Crippen molar-refractivity contribution in [2.45, 2.75) is 30.7 Å². The molecule has 1 spiro atoms. The Morgan fingerprint density at radius 3 is 2.68 bits per heavy atom. The highest BCUT2D eigenvalue weighted by Crippen LogP contribution is 2.48. The van der Waals surface area contributed by atoms with E-state index in [4.69, 9.17) is 0 Å². The van der Waals surface area contributed by atoms with Gasteiger partial charge in [0.25, 0.3) is 5.91 Å². The molecule has 2 aromatic rings. The summed E-state index contributed by atoms with van der Waals surface area (Å²) in [6.45, 7) is 1.29. The Morgan fingerprint density at radius 1 is 1.32 bits per heavy atom.